The highest BCUT2D eigenvalue weighted by Gasteiger charge is 2.44. The van der Waals surface area contributed by atoms with E-state index in [0.717, 1.165) is 38.4 Å². The van der Waals surface area contributed by atoms with E-state index in [1.54, 1.807) is 16.9 Å². The fourth-order valence-electron chi connectivity index (χ4n) is 4.36. The van der Waals surface area contributed by atoms with Gasteiger partial charge in [-0.05, 0) is 44.7 Å². The Bertz CT molecular complexity index is 698. The zero-order valence-corrected chi connectivity index (χ0v) is 15.9. The van der Waals surface area contributed by atoms with E-state index < -0.39 is 0 Å². The number of carbonyl (C=O) groups is 2. The van der Waals surface area contributed by atoms with Gasteiger partial charge in [0, 0.05) is 57.9 Å². The highest BCUT2D eigenvalue weighted by molar-refractivity contribution is 5.92. The van der Waals surface area contributed by atoms with Crippen molar-refractivity contribution < 1.29 is 9.59 Å². The molecule has 1 unspecified atom stereocenters. The minimum Gasteiger partial charge on any atom is -0.342 e. The van der Waals surface area contributed by atoms with Crippen LogP contribution >= 0.6 is 0 Å². The SMILES string of the molecule is CN1CCN(C(=O)c2ccn(C)n2)CC12CCC(=O)N(CC1CC1)CC2. The van der Waals surface area contributed by atoms with E-state index in [1.165, 1.54) is 12.8 Å². The zero-order valence-electron chi connectivity index (χ0n) is 15.9. The first-order valence-corrected chi connectivity index (χ1v) is 9.75. The summed E-state index contributed by atoms with van der Waals surface area (Å²) in [5.74, 6) is 1.01. The van der Waals surface area contributed by atoms with Crippen LogP contribution in [-0.2, 0) is 11.8 Å². The number of nitrogens with zero attached hydrogens (tertiary/aromatic N) is 5. The second-order valence-corrected chi connectivity index (χ2v) is 8.28. The Labute approximate surface area is 154 Å². The van der Waals surface area contributed by atoms with Crippen molar-refractivity contribution in [3.63, 3.8) is 0 Å². The number of carbonyl (C=O) groups excluding carboxylic acids is 2. The third-order valence-electron chi connectivity index (χ3n) is 6.40. The molecule has 2 saturated heterocycles. The number of hydrogen-bond donors (Lipinski definition) is 0. The van der Waals surface area contributed by atoms with E-state index in [-0.39, 0.29) is 17.4 Å². The normalized spacial score (nSPS) is 27.8. The molecule has 4 rings (SSSR count). The molecule has 0 bridgehead atoms. The highest BCUT2D eigenvalue weighted by Crippen LogP contribution is 2.35. The van der Waals surface area contributed by atoms with Gasteiger partial charge in [0.2, 0.25) is 5.91 Å². The molecule has 1 aromatic heterocycles. The summed E-state index contributed by atoms with van der Waals surface area (Å²) < 4.78 is 1.67. The molecular formula is C19H29N5O2. The first-order valence-electron chi connectivity index (χ1n) is 9.75. The third-order valence-corrected chi connectivity index (χ3v) is 6.40. The minimum atomic E-state index is -0.101. The summed E-state index contributed by atoms with van der Waals surface area (Å²) >= 11 is 0. The Morgan fingerprint density at radius 1 is 1.23 bits per heavy atom. The van der Waals surface area contributed by atoms with Crippen LogP contribution in [-0.4, -0.2) is 81.6 Å². The molecule has 2 amide bonds. The topological polar surface area (TPSA) is 61.7 Å². The lowest BCUT2D eigenvalue weighted by atomic mass is 9.86. The molecule has 3 aliphatic rings. The Hall–Kier alpha value is -1.89. The zero-order chi connectivity index (χ0) is 18.3. The molecule has 1 atom stereocenters. The molecule has 2 aliphatic heterocycles. The van der Waals surface area contributed by atoms with Gasteiger partial charge < -0.3 is 9.80 Å². The van der Waals surface area contributed by atoms with Crippen LogP contribution in [0.25, 0.3) is 0 Å². The van der Waals surface area contributed by atoms with Crippen molar-refractivity contribution in [3.8, 4) is 0 Å². The average Bonchev–Trinajstić information content (AvgIpc) is 3.37. The summed E-state index contributed by atoms with van der Waals surface area (Å²) in [7, 11) is 3.97. The largest absolute Gasteiger partial charge is 0.342 e. The van der Waals surface area contributed by atoms with Crippen LogP contribution in [0.3, 0.4) is 0 Å². The number of likely N-dealkylation sites (tertiary alicyclic amines) is 1. The number of aromatic nitrogens is 2. The molecule has 1 aliphatic carbocycles. The first-order chi connectivity index (χ1) is 12.5. The van der Waals surface area contributed by atoms with Gasteiger partial charge in [0.15, 0.2) is 0 Å². The van der Waals surface area contributed by atoms with Gasteiger partial charge in [-0.2, -0.15) is 5.10 Å². The van der Waals surface area contributed by atoms with Gasteiger partial charge in [0.25, 0.3) is 5.91 Å². The summed E-state index contributed by atoms with van der Waals surface area (Å²) in [5, 5.41) is 4.27. The van der Waals surface area contributed by atoms with Gasteiger partial charge in [0.05, 0.1) is 0 Å². The number of aryl methyl sites for hydroxylation is 1. The van der Waals surface area contributed by atoms with E-state index in [1.807, 2.05) is 11.9 Å². The van der Waals surface area contributed by atoms with E-state index in [9.17, 15) is 9.59 Å². The summed E-state index contributed by atoms with van der Waals surface area (Å²) in [6, 6.07) is 1.78. The third kappa shape index (κ3) is 3.37. The van der Waals surface area contributed by atoms with Gasteiger partial charge >= 0.3 is 0 Å². The molecule has 7 heteroatoms. The van der Waals surface area contributed by atoms with Gasteiger partial charge in [-0.15, -0.1) is 0 Å². The molecular weight excluding hydrogens is 330 g/mol. The van der Waals surface area contributed by atoms with Gasteiger partial charge in [-0.25, -0.2) is 0 Å². The summed E-state index contributed by atoms with van der Waals surface area (Å²) in [5.41, 5.74) is 0.406. The van der Waals surface area contributed by atoms with Crippen LogP contribution in [0.1, 0.15) is 42.6 Å². The molecule has 1 aromatic rings. The lowest BCUT2D eigenvalue weighted by Gasteiger charge is -2.49. The van der Waals surface area contributed by atoms with Crippen molar-refractivity contribution in [1.82, 2.24) is 24.5 Å². The molecule has 0 radical (unpaired) electrons. The van der Waals surface area contributed by atoms with E-state index in [2.05, 4.69) is 21.9 Å². The van der Waals surface area contributed by atoms with Crippen molar-refractivity contribution in [3.05, 3.63) is 18.0 Å². The van der Waals surface area contributed by atoms with E-state index >= 15 is 0 Å². The van der Waals surface area contributed by atoms with Crippen LogP contribution in [0.15, 0.2) is 12.3 Å². The van der Waals surface area contributed by atoms with Crippen LogP contribution in [0.5, 0.6) is 0 Å². The van der Waals surface area contributed by atoms with Crippen LogP contribution in [0, 0.1) is 5.92 Å². The number of amides is 2. The van der Waals surface area contributed by atoms with Crippen LogP contribution in [0.2, 0.25) is 0 Å². The van der Waals surface area contributed by atoms with Crippen LogP contribution in [0.4, 0.5) is 0 Å². The number of piperazine rings is 1. The quantitative estimate of drug-likeness (QED) is 0.807. The monoisotopic (exact) mass is 359 g/mol. The lowest BCUT2D eigenvalue weighted by molar-refractivity contribution is -0.130. The standard InChI is InChI=1S/C19H29N5O2/c1-21-11-12-24(18(26)16-6-9-22(2)20-16)14-19(21)7-5-17(25)23(10-8-19)13-15-3-4-15/h6,9,15H,3-5,7-8,10-14H2,1-2H3. The smallest absolute Gasteiger partial charge is 0.274 e. The van der Waals surface area contributed by atoms with Gasteiger partial charge in [-0.1, -0.05) is 0 Å². The van der Waals surface area contributed by atoms with Crippen molar-refractivity contribution in [2.75, 3.05) is 39.8 Å². The predicted molar refractivity (Wildman–Crippen MR) is 97.6 cm³/mol. The number of hydrogen-bond acceptors (Lipinski definition) is 4. The highest BCUT2D eigenvalue weighted by atomic mass is 16.2. The maximum Gasteiger partial charge on any atom is 0.274 e. The summed E-state index contributed by atoms with van der Waals surface area (Å²) in [6.07, 6.45) is 6.69. The first kappa shape index (κ1) is 17.5. The van der Waals surface area contributed by atoms with Crippen molar-refractivity contribution in [2.24, 2.45) is 13.0 Å². The Kier molecular flexibility index (Phi) is 4.50. The Morgan fingerprint density at radius 3 is 2.73 bits per heavy atom. The van der Waals surface area contributed by atoms with Crippen molar-refractivity contribution in [1.29, 1.82) is 0 Å². The molecule has 3 heterocycles. The van der Waals surface area contributed by atoms with Crippen molar-refractivity contribution >= 4 is 11.8 Å². The molecule has 26 heavy (non-hydrogen) atoms. The number of likely N-dealkylation sites (N-methyl/N-ethyl adjacent to an activating group) is 1. The second kappa shape index (κ2) is 6.68. The maximum absolute atomic E-state index is 12.9. The fraction of sp³-hybridized carbons (Fsp3) is 0.737. The van der Waals surface area contributed by atoms with Crippen molar-refractivity contribution in [2.45, 2.75) is 37.6 Å². The number of rotatable bonds is 3. The van der Waals surface area contributed by atoms with E-state index in [0.29, 0.717) is 25.2 Å². The predicted octanol–water partition coefficient (Wildman–Crippen LogP) is 0.969. The van der Waals surface area contributed by atoms with Gasteiger partial charge in [-0.3, -0.25) is 19.2 Å². The molecule has 3 fully saturated rings. The molecule has 7 nitrogen and oxygen atoms in total. The summed E-state index contributed by atoms with van der Waals surface area (Å²) in [6.45, 7) is 3.98. The molecule has 1 spiro atoms. The molecule has 0 N–H and O–H groups in total. The maximum atomic E-state index is 12.9. The van der Waals surface area contributed by atoms with E-state index in [4.69, 9.17) is 0 Å². The van der Waals surface area contributed by atoms with Crippen LogP contribution < -0.4 is 0 Å². The lowest BCUT2D eigenvalue weighted by Crippen LogP contribution is -2.62. The molecule has 0 aromatic carbocycles. The Morgan fingerprint density at radius 2 is 2.04 bits per heavy atom. The second-order valence-electron chi connectivity index (χ2n) is 8.28. The average molecular weight is 359 g/mol. The summed E-state index contributed by atoms with van der Waals surface area (Å²) in [4.78, 5) is 31.8. The minimum absolute atomic E-state index is 0.00323. The molecule has 1 saturated carbocycles. The molecule has 142 valence electrons. The van der Waals surface area contributed by atoms with Gasteiger partial charge in [0.1, 0.15) is 5.69 Å². The fourth-order valence-corrected chi connectivity index (χ4v) is 4.36. The Balaban J connectivity index is 1.48.